The Morgan fingerprint density at radius 1 is 1.11 bits per heavy atom. The van der Waals surface area contributed by atoms with Gasteiger partial charge < -0.3 is 29.4 Å². The van der Waals surface area contributed by atoms with Crippen molar-refractivity contribution in [3.05, 3.63) is 82.5 Å². The number of allylic oxidation sites excluding steroid dienone is 4. The van der Waals surface area contributed by atoms with Gasteiger partial charge in [-0.2, -0.15) is 24.3 Å². The van der Waals surface area contributed by atoms with Gasteiger partial charge in [-0.1, -0.05) is 38.6 Å². The SMILES string of the molecule is Cn1c2c(c3ccccc31)-c1ccc(Br)[c-]c1C2.[C-]1=CC=CC1.[Cl-].[Cl-].[S]=[Zr+2]. The molecular weight excluding hydrogens is 540 g/mol. The summed E-state index contributed by atoms with van der Waals surface area (Å²) in [6.45, 7) is 0. The predicted octanol–water partition coefficient (Wildman–Crippen LogP) is 0.272. The van der Waals surface area contributed by atoms with E-state index in [0.29, 0.717) is 0 Å². The number of aryl methyl sites for hydroxylation is 1. The first kappa shape index (κ1) is 24.7. The molecule has 1 nitrogen and oxygen atoms in total. The molecule has 0 saturated carbocycles. The quantitative estimate of drug-likeness (QED) is 0.282. The maximum atomic E-state index is 4.17. The van der Waals surface area contributed by atoms with Gasteiger partial charge in [-0.15, -0.1) is 17.5 Å². The zero-order valence-electron chi connectivity index (χ0n) is 14.6. The Morgan fingerprint density at radius 2 is 1.85 bits per heavy atom. The molecule has 1 heterocycles. The van der Waals surface area contributed by atoms with Crippen LogP contribution < -0.4 is 24.8 Å². The molecule has 0 atom stereocenters. The van der Waals surface area contributed by atoms with Crippen molar-refractivity contribution in [3.63, 3.8) is 0 Å². The molecule has 138 valence electrons. The van der Waals surface area contributed by atoms with Crippen molar-refractivity contribution in [3.8, 4) is 11.1 Å². The van der Waals surface area contributed by atoms with Crippen LogP contribution in [-0.4, -0.2) is 4.57 Å². The molecule has 0 fully saturated rings. The fourth-order valence-electron chi connectivity index (χ4n) is 3.35. The van der Waals surface area contributed by atoms with Crippen molar-refractivity contribution in [1.82, 2.24) is 4.57 Å². The van der Waals surface area contributed by atoms with E-state index in [1.54, 1.807) is 0 Å². The second kappa shape index (κ2) is 11.6. The summed E-state index contributed by atoms with van der Waals surface area (Å²) >= 11 is 4.64. The van der Waals surface area contributed by atoms with Gasteiger partial charge in [0, 0.05) is 18.3 Å². The summed E-state index contributed by atoms with van der Waals surface area (Å²) in [7, 11) is 6.33. The zero-order chi connectivity index (χ0) is 17.8. The average molecular weight is 556 g/mol. The van der Waals surface area contributed by atoms with Crippen LogP contribution in [0.5, 0.6) is 0 Å². The van der Waals surface area contributed by atoms with Crippen LogP contribution in [0.25, 0.3) is 22.0 Å². The van der Waals surface area contributed by atoms with Crippen LogP contribution in [0.2, 0.25) is 0 Å². The van der Waals surface area contributed by atoms with E-state index in [2.05, 4.69) is 91.0 Å². The molecule has 2 aromatic carbocycles. The monoisotopic (exact) mass is 553 g/mol. The van der Waals surface area contributed by atoms with Gasteiger partial charge in [-0.25, -0.2) is 12.2 Å². The molecule has 6 heteroatoms. The Bertz CT molecular complexity index is 972. The van der Waals surface area contributed by atoms with E-state index >= 15 is 0 Å². The van der Waals surface area contributed by atoms with E-state index < -0.39 is 0 Å². The summed E-state index contributed by atoms with van der Waals surface area (Å²) in [5, 5.41) is 1.35. The summed E-state index contributed by atoms with van der Waals surface area (Å²) in [5.41, 5.74) is 6.75. The Kier molecular flexibility index (Phi) is 10.6. The van der Waals surface area contributed by atoms with Crippen molar-refractivity contribution < 1.29 is 47.5 Å². The first-order chi connectivity index (χ1) is 12.3. The van der Waals surface area contributed by atoms with Crippen LogP contribution in [0, 0.1) is 12.1 Å². The maximum absolute atomic E-state index is 4.17. The van der Waals surface area contributed by atoms with Crippen molar-refractivity contribution >= 4 is 35.7 Å². The summed E-state index contributed by atoms with van der Waals surface area (Å²) in [6, 6.07) is 16.3. The molecule has 2 aliphatic rings. The molecule has 0 aliphatic heterocycles. The van der Waals surface area contributed by atoms with E-state index in [1.165, 1.54) is 33.3 Å². The van der Waals surface area contributed by atoms with Crippen LogP contribution in [0.4, 0.5) is 0 Å². The molecule has 2 aliphatic carbocycles. The van der Waals surface area contributed by atoms with Gasteiger partial charge >= 0.3 is 31.5 Å². The molecule has 0 N–H and O–H groups in total. The number of benzene rings is 2. The van der Waals surface area contributed by atoms with Gasteiger partial charge in [-0.3, -0.25) is 6.08 Å². The number of fused-ring (bicyclic) bond motifs is 5. The second-order valence-electron chi connectivity index (χ2n) is 5.78. The van der Waals surface area contributed by atoms with Crippen LogP contribution in [0.3, 0.4) is 0 Å². The molecule has 0 unspecified atom stereocenters. The number of hydrogen-bond acceptors (Lipinski definition) is 1. The van der Waals surface area contributed by atoms with Crippen molar-refractivity contribution in [2.24, 2.45) is 7.05 Å². The molecule has 0 bridgehead atoms. The van der Waals surface area contributed by atoms with Crippen LogP contribution >= 0.6 is 24.8 Å². The van der Waals surface area contributed by atoms with Crippen molar-refractivity contribution in [2.75, 3.05) is 0 Å². The zero-order valence-corrected chi connectivity index (χ0v) is 21.0. The molecular formula is C21H16BrCl2NSZr-2. The molecule has 5 rings (SSSR count). The summed E-state index contributed by atoms with van der Waals surface area (Å²) in [6.07, 6.45) is 11.0. The number of nitrogens with zero attached hydrogens (tertiary/aromatic N) is 1. The number of hydrogen-bond donors (Lipinski definition) is 0. The van der Waals surface area contributed by atoms with E-state index in [4.69, 9.17) is 0 Å². The van der Waals surface area contributed by atoms with E-state index in [-0.39, 0.29) is 24.8 Å². The second-order valence-corrected chi connectivity index (χ2v) is 6.63. The first-order valence-electron chi connectivity index (χ1n) is 7.95. The third kappa shape index (κ3) is 5.16. The van der Waals surface area contributed by atoms with E-state index in [9.17, 15) is 0 Å². The van der Waals surface area contributed by atoms with Crippen molar-refractivity contribution in [2.45, 2.75) is 12.8 Å². The van der Waals surface area contributed by atoms with Gasteiger partial charge in [0.15, 0.2) is 0 Å². The summed E-state index contributed by atoms with van der Waals surface area (Å²) in [5.74, 6) is 0. The minimum atomic E-state index is 0. The fourth-order valence-corrected chi connectivity index (χ4v) is 3.72. The fraction of sp³-hybridized carbons (Fsp3) is 0.143. The average Bonchev–Trinajstić information content (AvgIpc) is 3.37. The molecule has 3 aromatic rings. The van der Waals surface area contributed by atoms with Crippen molar-refractivity contribution in [1.29, 1.82) is 0 Å². The molecule has 0 radical (unpaired) electrons. The third-order valence-electron chi connectivity index (χ3n) is 4.42. The van der Waals surface area contributed by atoms with E-state index in [0.717, 1.165) is 40.0 Å². The van der Waals surface area contributed by atoms with Gasteiger partial charge in [0.25, 0.3) is 0 Å². The standard InChI is InChI=1S/C16H11BrN.C5H5.2ClH.S.Zr/c1-18-14-5-3-2-4-13(14)16-12-7-6-11(17)8-10(12)9-15(16)18;1-2-4-5-3-1;;;;/h2-7H,9H2,1H3;1-3H,4H2;2*1H;;/q2*-1;;;;+2/p-2. The predicted molar refractivity (Wildman–Crippen MR) is 107 cm³/mol. The molecule has 0 amide bonds. The Labute approximate surface area is 199 Å². The third-order valence-corrected chi connectivity index (χ3v) is 4.88. The molecule has 0 saturated heterocycles. The number of halogens is 3. The van der Waals surface area contributed by atoms with Crippen LogP contribution in [0.1, 0.15) is 17.7 Å². The Balaban J connectivity index is 0.000000351. The Hall–Kier alpha value is -0.377. The van der Waals surface area contributed by atoms with Gasteiger partial charge in [0.1, 0.15) is 0 Å². The van der Waals surface area contributed by atoms with E-state index in [1.807, 2.05) is 12.2 Å². The molecule has 0 spiro atoms. The Morgan fingerprint density at radius 3 is 2.48 bits per heavy atom. The first-order valence-corrected chi connectivity index (χ1v) is 12.2. The number of aromatic nitrogens is 1. The topological polar surface area (TPSA) is 4.93 Å². The van der Waals surface area contributed by atoms with Gasteiger partial charge in [-0.05, 0) is 23.4 Å². The summed E-state index contributed by atoms with van der Waals surface area (Å²) < 4.78 is 3.35. The molecule has 27 heavy (non-hydrogen) atoms. The number of para-hydroxylation sites is 1. The minimum absolute atomic E-state index is 0. The van der Waals surface area contributed by atoms with Crippen LogP contribution in [0.15, 0.2) is 59.1 Å². The van der Waals surface area contributed by atoms with Gasteiger partial charge in [0.05, 0.1) is 0 Å². The van der Waals surface area contributed by atoms with Crippen LogP contribution in [-0.2, 0) is 36.1 Å². The van der Waals surface area contributed by atoms with Gasteiger partial charge in [0.2, 0.25) is 0 Å². The molecule has 1 aromatic heterocycles. The number of rotatable bonds is 0. The summed E-state index contributed by atoms with van der Waals surface area (Å²) in [4.78, 5) is 0. The normalized spacial score (nSPS) is 12.0.